The van der Waals surface area contributed by atoms with Crippen LogP contribution in [0, 0.1) is 11.8 Å². The van der Waals surface area contributed by atoms with Crippen molar-refractivity contribution >= 4 is 11.9 Å². The van der Waals surface area contributed by atoms with Gasteiger partial charge in [-0.15, -0.1) is 0 Å². The lowest BCUT2D eigenvalue weighted by Gasteiger charge is -2.25. The first-order valence-electron chi connectivity index (χ1n) is 5.32. The molecule has 0 aromatic heterocycles. The number of carbonyl (C=O) groups is 2. The number of hydrogen-bond donors (Lipinski definition) is 3. The molecule has 3 N–H and O–H groups in total. The molecule has 0 aromatic rings. The third-order valence-electron chi connectivity index (χ3n) is 2.69. The van der Waals surface area contributed by atoms with E-state index in [9.17, 15) is 9.59 Å². The highest BCUT2D eigenvalue weighted by molar-refractivity contribution is 5.79. The quantitative estimate of drug-likeness (QED) is 0.536. The minimum atomic E-state index is -0.774. The summed E-state index contributed by atoms with van der Waals surface area (Å²) in [4.78, 5) is 21.8. The Morgan fingerprint density at radius 1 is 1.53 bits per heavy atom. The third-order valence-corrected chi connectivity index (χ3v) is 2.69. The lowest BCUT2D eigenvalue weighted by atomic mass is 10.0. The molecule has 5 nitrogen and oxygen atoms in total. The van der Waals surface area contributed by atoms with Crippen LogP contribution in [-0.2, 0) is 9.59 Å². The van der Waals surface area contributed by atoms with Crippen LogP contribution in [0.25, 0.3) is 0 Å². The van der Waals surface area contributed by atoms with Crippen LogP contribution in [0.1, 0.15) is 19.8 Å². The van der Waals surface area contributed by atoms with E-state index in [-0.39, 0.29) is 17.7 Å². The molecule has 5 heteroatoms. The van der Waals surface area contributed by atoms with Crippen molar-refractivity contribution < 1.29 is 14.7 Å². The second-order valence-electron chi connectivity index (χ2n) is 4.03. The van der Waals surface area contributed by atoms with Crippen molar-refractivity contribution in [1.82, 2.24) is 10.6 Å². The molecule has 0 saturated carbocycles. The van der Waals surface area contributed by atoms with Crippen molar-refractivity contribution in [2.24, 2.45) is 11.8 Å². The Labute approximate surface area is 89.2 Å². The van der Waals surface area contributed by atoms with Crippen LogP contribution in [-0.4, -0.2) is 36.6 Å². The van der Waals surface area contributed by atoms with Crippen LogP contribution in [0.15, 0.2) is 0 Å². The van der Waals surface area contributed by atoms with Gasteiger partial charge in [-0.1, -0.05) is 6.92 Å². The molecular formula is C10H18N2O3. The molecule has 1 saturated heterocycles. The highest BCUT2D eigenvalue weighted by Gasteiger charge is 2.24. The van der Waals surface area contributed by atoms with Gasteiger partial charge in [0.1, 0.15) is 0 Å². The minimum absolute atomic E-state index is 0.0803. The van der Waals surface area contributed by atoms with E-state index < -0.39 is 5.97 Å². The van der Waals surface area contributed by atoms with Gasteiger partial charge in [0, 0.05) is 19.6 Å². The topological polar surface area (TPSA) is 78.4 Å². The summed E-state index contributed by atoms with van der Waals surface area (Å²) in [6.45, 7) is 3.78. The lowest BCUT2D eigenvalue weighted by Crippen LogP contribution is -2.50. The lowest BCUT2D eigenvalue weighted by molar-refractivity contribution is -0.141. The summed E-state index contributed by atoms with van der Waals surface area (Å²) in [6, 6.07) is 0. The Morgan fingerprint density at radius 2 is 2.20 bits per heavy atom. The van der Waals surface area contributed by atoms with Crippen molar-refractivity contribution in [3.8, 4) is 0 Å². The van der Waals surface area contributed by atoms with Crippen LogP contribution in [0.2, 0.25) is 0 Å². The fraction of sp³-hybridized carbons (Fsp3) is 0.800. The van der Waals surface area contributed by atoms with E-state index in [1.807, 2.05) is 0 Å². The molecule has 1 aliphatic rings. The molecular weight excluding hydrogens is 196 g/mol. The highest BCUT2D eigenvalue weighted by Crippen LogP contribution is 2.05. The molecule has 86 valence electrons. The van der Waals surface area contributed by atoms with Crippen LogP contribution in [0.4, 0.5) is 0 Å². The highest BCUT2D eigenvalue weighted by atomic mass is 16.4. The molecule has 0 radical (unpaired) electrons. The minimum Gasteiger partial charge on any atom is -0.481 e. The van der Waals surface area contributed by atoms with Gasteiger partial charge < -0.3 is 15.7 Å². The summed E-state index contributed by atoms with van der Waals surface area (Å²) in [7, 11) is 0. The number of hydrogen-bond acceptors (Lipinski definition) is 3. The Bertz CT molecular complexity index is 239. The molecule has 0 aliphatic carbocycles. The molecule has 1 aliphatic heterocycles. The van der Waals surface area contributed by atoms with E-state index in [1.54, 1.807) is 6.92 Å². The summed E-state index contributed by atoms with van der Waals surface area (Å²) in [5, 5.41) is 14.5. The maximum atomic E-state index is 11.3. The maximum Gasteiger partial charge on any atom is 0.306 e. The number of nitrogens with one attached hydrogen (secondary N) is 2. The van der Waals surface area contributed by atoms with Gasteiger partial charge in [-0.25, -0.2) is 0 Å². The van der Waals surface area contributed by atoms with Crippen molar-refractivity contribution in [1.29, 1.82) is 0 Å². The fourth-order valence-corrected chi connectivity index (χ4v) is 1.36. The zero-order chi connectivity index (χ0) is 11.3. The van der Waals surface area contributed by atoms with E-state index in [4.69, 9.17) is 5.11 Å². The average molecular weight is 214 g/mol. The zero-order valence-electron chi connectivity index (χ0n) is 8.95. The van der Waals surface area contributed by atoms with Gasteiger partial charge in [0.05, 0.1) is 11.8 Å². The van der Waals surface area contributed by atoms with Gasteiger partial charge in [0.15, 0.2) is 0 Å². The van der Waals surface area contributed by atoms with E-state index in [1.165, 1.54) is 0 Å². The van der Waals surface area contributed by atoms with Crippen molar-refractivity contribution in [2.45, 2.75) is 19.8 Å². The molecule has 0 aromatic carbocycles. The smallest absolute Gasteiger partial charge is 0.306 e. The van der Waals surface area contributed by atoms with Crippen molar-refractivity contribution in [3.05, 3.63) is 0 Å². The van der Waals surface area contributed by atoms with Crippen LogP contribution in [0.3, 0.4) is 0 Å². The van der Waals surface area contributed by atoms with Gasteiger partial charge in [-0.05, 0) is 12.8 Å². The largest absolute Gasteiger partial charge is 0.481 e. The van der Waals surface area contributed by atoms with Crippen molar-refractivity contribution in [2.75, 3.05) is 19.6 Å². The summed E-state index contributed by atoms with van der Waals surface area (Å²) in [5.41, 5.74) is 0. The Kier molecular flexibility index (Phi) is 4.55. The fourth-order valence-electron chi connectivity index (χ4n) is 1.36. The maximum absolute atomic E-state index is 11.3. The molecule has 1 rings (SSSR count). The van der Waals surface area contributed by atoms with E-state index in [0.29, 0.717) is 13.0 Å². The predicted octanol–water partition coefficient (Wildman–Crippen LogP) is -0.177. The summed E-state index contributed by atoms with van der Waals surface area (Å²) in [6.07, 6.45) is 1.33. The monoisotopic (exact) mass is 214 g/mol. The first-order valence-corrected chi connectivity index (χ1v) is 5.32. The molecule has 0 spiro atoms. The predicted molar refractivity (Wildman–Crippen MR) is 55.4 cm³/mol. The van der Waals surface area contributed by atoms with Crippen LogP contribution >= 0.6 is 0 Å². The normalized spacial score (nSPS) is 17.9. The Morgan fingerprint density at radius 3 is 2.67 bits per heavy atom. The molecule has 1 amide bonds. The number of carbonyl (C=O) groups excluding carboxylic acids is 1. The molecule has 1 atom stereocenters. The third kappa shape index (κ3) is 3.87. The van der Waals surface area contributed by atoms with E-state index in [0.717, 1.165) is 19.5 Å². The van der Waals surface area contributed by atoms with Gasteiger partial charge in [-0.3, -0.25) is 9.59 Å². The van der Waals surface area contributed by atoms with Gasteiger partial charge >= 0.3 is 5.97 Å². The first kappa shape index (κ1) is 12.0. The molecule has 0 bridgehead atoms. The summed E-state index contributed by atoms with van der Waals surface area (Å²) < 4.78 is 0. The Balaban J connectivity index is 2.01. The Hall–Kier alpha value is -1.10. The number of amides is 1. The first-order chi connectivity index (χ1) is 7.11. The number of carboxylic acid groups (broad SMARTS) is 1. The molecule has 15 heavy (non-hydrogen) atoms. The summed E-state index contributed by atoms with van der Waals surface area (Å²) >= 11 is 0. The van der Waals surface area contributed by atoms with E-state index in [2.05, 4.69) is 10.6 Å². The second kappa shape index (κ2) is 5.70. The van der Waals surface area contributed by atoms with Crippen LogP contribution in [0.5, 0.6) is 0 Å². The van der Waals surface area contributed by atoms with Crippen molar-refractivity contribution in [3.63, 3.8) is 0 Å². The van der Waals surface area contributed by atoms with Gasteiger partial charge in [0.2, 0.25) is 5.91 Å². The summed E-state index contributed by atoms with van der Waals surface area (Å²) in [5.74, 6) is -0.907. The number of aliphatic carboxylic acids is 1. The van der Waals surface area contributed by atoms with Crippen LogP contribution < -0.4 is 10.6 Å². The molecule has 1 unspecified atom stereocenters. The standard InChI is InChI=1S/C10H18N2O3/c1-7(10(14)15)3-2-4-12-9(13)8-5-11-6-8/h7-8,11H,2-6H2,1H3,(H,12,13)(H,14,15). The average Bonchev–Trinajstić information content (AvgIpc) is 2.08. The second-order valence-corrected chi connectivity index (χ2v) is 4.03. The number of carboxylic acids is 1. The SMILES string of the molecule is CC(CCCNC(=O)C1CNC1)C(=O)O. The van der Waals surface area contributed by atoms with Gasteiger partial charge in [-0.2, -0.15) is 0 Å². The number of rotatable bonds is 6. The molecule has 1 fully saturated rings. The zero-order valence-corrected chi connectivity index (χ0v) is 8.95. The molecule has 1 heterocycles. The van der Waals surface area contributed by atoms with Gasteiger partial charge in [0.25, 0.3) is 0 Å². The van der Waals surface area contributed by atoms with E-state index >= 15 is 0 Å².